The van der Waals surface area contributed by atoms with Gasteiger partial charge in [-0.15, -0.1) is 0 Å². The van der Waals surface area contributed by atoms with Crippen LogP contribution in [0.3, 0.4) is 0 Å². The van der Waals surface area contributed by atoms with E-state index < -0.39 is 97.5 Å². The van der Waals surface area contributed by atoms with Crippen LogP contribution in [0.25, 0.3) is 0 Å². The van der Waals surface area contributed by atoms with Crippen LogP contribution in [0.1, 0.15) is 279 Å². The molecule has 0 aliphatic heterocycles. The summed E-state index contributed by atoms with van der Waals surface area (Å²) in [5, 5.41) is 10.5. The first-order valence-electron chi connectivity index (χ1n) is 30.5. The van der Waals surface area contributed by atoms with Crippen molar-refractivity contribution in [2.45, 2.75) is 297 Å². The molecule has 0 rings (SSSR count). The summed E-state index contributed by atoms with van der Waals surface area (Å²) < 4.78 is 67.5. The van der Waals surface area contributed by atoms with Crippen molar-refractivity contribution >= 4 is 39.5 Å². The molecule has 3 N–H and O–H groups in total. The van der Waals surface area contributed by atoms with E-state index in [-0.39, 0.29) is 25.7 Å². The number of ether oxygens (including phenoxy) is 4. The zero-order chi connectivity index (χ0) is 57.3. The molecule has 3 unspecified atom stereocenters. The summed E-state index contributed by atoms with van der Waals surface area (Å²) >= 11 is 0. The van der Waals surface area contributed by atoms with Crippen LogP contribution in [0.5, 0.6) is 0 Å². The van der Waals surface area contributed by atoms with Gasteiger partial charge in [-0.3, -0.25) is 37.3 Å². The second kappa shape index (κ2) is 51.0. The Hall–Kier alpha value is -1.94. The largest absolute Gasteiger partial charge is 0.472 e. The maximum Gasteiger partial charge on any atom is 0.472 e. The van der Waals surface area contributed by atoms with Crippen molar-refractivity contribution < 1.29 is 80.2 Å². The fourth-order valence-electron chi connectivity index (χ4n) is 8.44. The Balaban J connectivity index is 5.18. The van der Waals surface area contributed by atoms with Gasteiger partial charge in [0, 0.05) is 25.7 Å². The lowest BCUT2D eigenvalue weighted by atomic mass is 10.00. The fourth-order valence-corrected chi connectivity index (χ4v) is 10.0. The fraction of sp³-hybridized carbons (Fsp3) is 0.931. The first-order chi connectivity index (χ1) is 36.9. The number of phosphoric ester groups is 2. The van der Waals surface area contributed by atoms with E-state index in [4.69, 9.17) is 37.0 Å². The zero-order valence-electron chi connectivity index (χ0n) is 49.2. The molecule has 77 heavy (non-hydrogen) atoms. The van der Waals surface area contributed by atoms with E-state index in [2.05, 4.69) is 41.5 Å². The molecule has 19 heteroatoms. The van der Waals surface area contributed by atoms with Crippen molar-refractivity contribution in [3.05, 3.63) is 0 Å². The molecule has 0 fully saturated rings. The minimum Gasteiger partial charge on any atom is -0.462 e. The molecular formula is C58H112O17P2. The van der Waals surface area contributed by atoms with Crippen LogP contribution >= 0.6 is 15.6 Å². The van der Waals surface area contributed by atoms with E-state index in [0.717, 1.165) is 121 Å². The normalized spacial score (nSPS) is 14.8. The number of phosphoric acid groups is 2. The molecule has 0 bridgehead atoms. The van der Waals surface area contributed by atoms with E-state index in [9.17, 15) is 43.2 Å². The summed E-state index contributed by atoms with van der Waals surface area (Å²) in [6.07, 6.45) is 31.1. The average Bonchev–Trinajstić information content (AvgIpc) is 3.39. The van der Waals surface area contributed by atoms with Crippen molar-refractivity contribution in [2.75, 3.05) is 39.6 Å². The lowest BCUT2D eigenvalue weighted by molar-refractivity contribution is -0.161. The van der Waals surface area contributed by atoms with Gasteiger partial charge in [-0.05, 0) is 37.5 Å². The third kappa shape index (κ3) is 51.9. The Morgan fingerprint density at radius 2 is 0.662 bits per heavy atom. The van der Waals surface area contributed by atoms with Crippen molar-refractivity contribution in [3.8, 4) is 0 Å². The first kappa shape index (κ1) is 75.1. The monoisotopic (exact) mass is 1140 g/mol. The molecule has 0 saturated heterocycles. The van der Waals surface area contributed by atoms with Crippen LogP contribution in [0, 0.1) is 11.8 Å². The lowest BCUT2D eigenvalue weighted by Crippen LogP contribution is -2.30. The minimum absolute atomic E-state index is 0.103. The summed E-state index contributed by atoms with van der Waals surface area (Å²) in [6.45, 7) is 9.29. The topological polar surface area (TPSA) is 237 Å². The molecule has 0 aliphatic rings. The summed E-state index contributed by atoms with van der Waals surface area (Å²) in [7, 11) is -9.86. The van der Waals surface area contributed by atoms with Crippen LogP contribution in [0.4, 0.5) is 0 Å². The van der Waals surface area contributed by atoms with Gasteiger partial charge in [-0.25, -0.2) is 9.13 Å². The van der Waals surface area contributed by atoms with Gasteiger partial charge >= 0.3 is 39.5 Å². The van der Waals surface area contributed by atoms with Crippen LogP contribution in [0.15, 0.2) is 0 Å². The molecule has 17 nitrogen and oxygen atoms in total. The van der Waals surface area contributed by atoms with Gasteiger partial charge in [-0.2, -0.15) is 0 Å². The smallest absolute Gasteiger partial charge is 0.462 e. The zero-order valence-corrected chi connectivity index (χ0v) is 51.0. The Morgan fingerprint density at radius 3 is 0.987 bits per heavy atom. The number of hydrogen-bond acceptors (Lipinski definition) is 15. The molecule has 0 aliphatic carbocycles. The van der Waals surface area contributed by atoms with Gasteiger partial charge < -0.3 is 33.8 Å². The maximum atomic E-state index is 12.9. The predicted molar refractivity (Wildman–Crippen MR) is 303 cm³/mol. The Bertz CT molecular complexity index is 1530. The Labute approximate surface area is 467 Å². The molecule has 0 heterocycles. The minimum atomic E-state index is -4.94. The highest BCUT2D eigenvalue weighted by Crippen LogP contribution is 2.45. The molecule has 456 valence electrons. The van der Waals surface area contributed by atoms with Crippen molar-refractivity contribution in [1.82, 2.24) is 0 Å². The average molecular weight is 1140 g/mol. The van der Waals surface area contributed by atoms with Crippen molar-refractivity contribution in [2.24, 2.45) is 11.8 Å². The molecule has 0 aromatic rings. The van der Waals surface area contributed by atoms with Crippen LogP contribution in [-0.2, 0) is 65.4 Å². The van der Waals surface area contributed by atoms with Crippen molar-refractivity contribution in [1.29, 1.82) is 0 Å². The number of hydrogen-bond donors (Lipinski definition) is 3. The standard InChI is InChI=1S/C58H112O17P2/c1-7-10-12-14-15-22-30-36-42-57(62)74-53(46-68-55(60)40-34-26-13-11-8-2)48-72-76(64,65)70-44-52(59)45-71-77(66,67)73-49-54(47-69-56(61)41-35-29-25-24-28-33-39-51(6)9-3)75-58(63)43-37-31-23-20-18-16-17-19-21-27-32-38-50(4)5/h50-54,59H,7-49H2,1-6H3,(H,64,65)(H,66,67)/t51?,52-,53+,54+/m0/s1. The van der Waals surface area contributed by atoms with Gasteiger partial charge in [-0.1, -0.05) is 228 Å². The summed E-state index contributed by atoms with van der Waals surface area (Å²) in [6, 6.07) is 0. The molecule has 0 radical (unpaired) electrons. The summed E-state index contributed by atoms with van der Waals surface area (Å²) in [5.74, 6) is -0.660. The molecule has 0 saturated carbocycles. The van der Waals surface area contributed by atoms with Crippen LogP contribution in [0.2, 0.25) is 0 Å². The van der Waals surface area contributed by atoms with Gasteiger partial charge in [0.1, 0.15) is 19.3 Å². The van der Waals surface area contributed by atoms with E-state index >= 15 is 0 Å². The number of rotatable bonds is 57. The van der Waals surface area contributed by atoms with E-state index in [0.29, 0.717) is 25.7 Å². The lowest BCUT2D eigenvalue weighted by Gasteiger charge is -2.21. The van der Waals surface area contributed by atoms with Gasteiger partial charge in [0.15, 0.2) is 12.2 Å². The molecule has 0 aromatic heterocycles. The molecule has 0 spiro atoms. The second-order valence-electron chi connectivity index (χ2n) is 21.7. The predicted octanol–water partition coefficient (Wildman–Crippen LogP) is 15.3. The number of unbranched alkanes of at least 4 members (excludes halogenated alkanes) is 26. The van der Waals surface area contributed by atoms with E-state index in [1.54, 1.807) is 0 Å². The Morgan fingerprint density at radius 1 is 0.377 bits per heavy atom. The summed E-state index contributed by atoms with van der Waals surface area (Å²) in [4.78, 5) is 71.6. The number of aliphatic hydroxyl groups is 1. The van der Waals surface area contributed by atoms with Crippen molar-refractivity contribution in [3.63, 3.8) is 0 Å². The first-order valence-corrected chi connectivity index (χ1v) is 33.5. The van der Waals surface area contributed by atoms with Gasteiger partial charge in [0.25, 0.3) is 0 Å². The highest BCUT2D eigenvalue weighted by molar-refractivity contribution is 7.47. The Kier molecular flexibility index (Phi) is 49.7. The highest BCUT2D eigenvalue weighted by Gasteiger charge is 2.30. The number of aliphatic hydroxyl groups excluding tert-OH is 1. The van der Waals surface area contributed by atoms with E-state index in [1.807, 2.05) is 0 Å². The second-order valence-corrected chi connectivity index (χ2v) is 24.7. The van der Waals surface area contributed by atoms with Crippen LogP contribution in [-0.4, -0.2) is 96.7 Å². The molecular weight excluding hydrogens is 1030 g/mol. The number of carbonyl (C=O) groups excluding carboxylic acids is 4. The number of carbonyl (C=O) groups is 4. The maximum absolute atomic E-state index is 12.9. The molecule has 6 atom stereocenters. The SMILES string of the molecule is CCCCCCCCCCC(=O)O[C@H](COC(=O)CCCCCCC)COP(=O)(O)OC[C@H](O)COP(=O)(O)OC[C@@H](COC(=O)CCCCCCCCC(C)CC)OC(=O)CCCCCCCCCCCCCC(C)C. The quantitative estimate of drug-likeness (QED) is 0.0222. The summed E-state index contributed by atoms with van der Waals surface area (Å²) in [5.41, 5.74) is 0. The molecule has 0 amide bonds. The number of esters is 4. The van der Waals surface area contributed by atoms with Crippen LogP contribution < -0.4 is 0 Å². The third-order valence-corrected chi connectivity index (χ3v) is 15.5. The van der Waals surface area contributed by atoms with Gasteiger partial charge in [0.05, 0.1) is 26.4 Å². The molecule has 0 aromatic carbocycles. The third-order valence-electron chi connectivity index (χ3n) is 13.6. The van der Waals surface area contributed by atoms with Gasteiger partial charge in [0.2, 0.25) is 0 Å². The highest BCUT2D eigenvalue weighted by atomic mass is 31.2. The van der Waals surface area contributed by atoms with E-state index in [1.165, 1.54) is 77.0 Å².